The summed E-state index contributed by atoms with van der Waals surface area (Å²) < 4.78 is 0. The van der Waals surface area contributed by atoms with Crippen LogP contribution in [0, 0.1) is 6.92 Å². The van der Waals surface area contributed by atoms with Gasteiger partial charge in [-0.05, 0) is 26.2 Å². The van der Waals surface area contributed by atoms with E-state index in [0.29, 0.717) is 12.6 Å². The minimum atomic E-state index is 0.198. The van der Waals surface area contributed by atoms with Crippen LogP contribution in [0.15, 0.2) is 6.07 Å². The lowest BCUT2D eigenvalue weighted by Gasteiger charge is -2.27. The summed E-state index contributed by atoms with van der Waals surface area (Å²) in [4.78, 5) is 11.5. The van der Waals surface area contributed by atoms with Crippen molar-refractivity contribution in [1.82, 2.24) is 14.9 Å². The van der Waals surface area contributed by atoms with Crippen LogP contribution in [0.3, 0.4) is 0 Å². The maximum Gasteiger partial charge on any atom is 0.144 e. The number of anilines is 1. The molecule has 5 nitrogen and oxygen atoms in total. The van der Waals surface area contributed by atoms with Gasteiger partial charge in [0, 0.05) is 30.9 Å². The zero-order chi connectivity index (χ0) is 15.1. The van der Waals surface area contributed by atoms with Gasteiger partial charge in [-0.25, -0.2) is 9.97 Å². The number of hydrogen-bond acceptors (Lipinski definition) is 5. The van der Waals surface area contributed by atoms with Crippen LogP contribution < -0.4 is 5.32 Å². The molecule has 0 saturated heterocycles. The lowest BCUT2D eigenvalue weighted by atomic mass is 10.2. The number of nitrogens with one attached hydrogen (secondary N) is 1. The van der Waals surface area contributed by atoms with Crippen LogP contribution in [0.2, 0.25) is 0 Å². The van der Waals surface area contributed by atoms with E-state index in [2.05, 4.69) is 27.1 Å². The van der Waals surface area contributed by atoms with Crippen molar-refractivity contribution in [1.29, 1.82) is 0 Å². The Labute approximate surface area is 127 Å². The Kier molecular flexibility index (Phi) is 6.39. The van der Waals surface area contributed by atoms with E-state index in [1.165, 1.54) is 25.7 Å². The molecule has 5 heteroatoms. The summed E-state index contributed by atoms with van der Waals surface area (Å²) in [5, 5.41) is 12.6. The van der Waals surface area contributed by atoms with Crippen molar-refractivity contribution in [3.8, 4) is 0 Å². The second-order valence-corrected chi connectivity index (χ2v) is 5.87. The summed E-state index contributed by atoms with van der Waals surface area (Å²) in [6.07, 6.45) is 6.13. The van der Waals surface area contributed by atoms with Gasteiger partial charge in [0.15, 0.2) is 0 Å². The SMILES string of the molecule is CCCNc1cc(C)nc(CN(CCO)C2CCCC2)n1. The molecule has 1 aromatic heterocycles. The quantitative estimate of drug-likeness (QED) is 0.770. The van der Waals surface area contributed by atoms with Gasteiger partial charge >= 0.3 is 0 Å². The summed E-state index contributed by atoms with van der Waals surface area (Å²) in [7, 11) is 0. The Morgan fingerprint density at radius 1 is 1.33 bits per heavy atom. The molecule has 1 saturated carbocycles. The molecule has 0 amide bonds. The number of aromatic nitrogens is 2. The van der Waals surface area contributed by atoms with Crippen LogP contribution in [0.1, 0.15) is 50.5 Å². The third kappa shape index (κ3) is 4.93. The Bertz CT molecular complexity index is 432. The molecule has 0 aliphatic heterocycles. The molecule has 0 spiro atoms. The minimum absolute atomic E-state index is 0.198. The van der Waals surface area contributed by atoms with Crippen molar-refractivity contribution >= 4 is 5.82 Å². The third-order valence-electron chi connectivity index (χ3n) is 4.03. The fourth-order valence-corrected chi connectivity index (χ4v) is 3.01. The molecule has 118 valence electrons. The predicted molar refractivity (Wildman–Crippen MR) is 85.3 cm³/mol. The van der Waals surface area contributed by atoms with E-state index in [-0.39, 0.29) is 6.61 Å². The molecule has 1 aromatic rings. The van der Waals surface area contributed by atoms with E-state index >= 15 is 0 Å². The molecule has 1 heterocycles. The second kappa shape index (κ2) is 8.29. The zero-order valence-electron chi connectivity index (χ0n) is 13.3. The maximum atomic E-state index is 9.31. The predicted octanol–water partition coefficient (Wildman–Crippen LogP) is 2.34. The molecule has 0 unspecified atom stereocenters. The van der Waals surface area contributed by atoms with Gasteiger partial charge in [0.2, 0.25) is 0 Å². The van der Waals surface area contributed by atoms with E-state index in [4.69, 9.17) is 0 Å². The van der Waals surface area contributed by atoms with Crippen molar-refractivity contribution in [3.63, 3.8) is 0 Å². The number of aliphatic hydroxyl groups excluding tert-OH is 1. The van der Waals surface area contributed by atoms with Crippen LogP contribution in [0.4, 0.5) is 5.82 Å². The third-order valence-corrected chi connectivity index (χ3v) is 4.03. The van der Waals surface area contributed by atoms with Crippen molar-refractivity contribution in [2.24, 2.45) is 0 Å². The van der Waals surface area contributed by atoms with Crippen LogP contribution in [0.25, 0.3) is 0 Å². The number of nitrogens with zero attached hydrogens (tertiary/aromatic N) is 3. The highest BCUT2D eigenvalue weighted by Crippen LogP contribution is 2.24. The highest BCUT2D eigenvalue weighted by atomic mass is 16.3. The Hall–Kier alpha value is -1.20. The molecule has 2 rings (SSSR count). The highest BCUT2D eigenvalue weighted by Gasteiger charge is 2.23. The second-order valence-electron chi connectivity index (χ2n) is 5.87. The Morgan fingerprint density at radius 2 is 2.10 bits per heavy atom. The van der Waals surface area contributed by atoms with Gasteiger partial charge < -0.3 is 10.4 Å². The van der Waals surface area contributed by atoms with Gasteiger partial charge in [0.05, 0.1) is 13.2 Å². The van der Waals surface area contributed by atoms with Gasteiger partial charge in [-0.1, -0.05) is 19.8 Å². The molecule has 2 N–H and O–H groups in total. The monoisotopic (exact) mass is 292 g/mol. The first-order valence-corrected chi connectivity index (χ1v) is 8.16. The maximum absolute atomic E-state index is 9.31. The molecule has 1 aliphatic carbocycles. The molecule has 0 atom stereocenters. The van der Waals surface area contributed by atoms with Gasteiger partial charge in [0.1, 0.15) is 11.6 Å². The molecule has 1 fully saturated rings. The van der Waals surface area contributed by atoms with Crippen molar-refractivity contribution in [2.75, 3.05) is 25.0 Å². The molecule has 0 aromatic carbocycles. The van der Waals surface area contributed by atoms with Gasteiger partial charge in [-0.3, -0.25) is 4.90 Å². The molecular formula is C16H28N4O. The van der Waals surface area contributed by atoms with Crippen molar-refractivity contribution in [3.05, 3.63) is 17.6 Å². The van der Waals surface area contributed by atoms with Gasteiger partial charge in [0.25, 0.3) is 0 Å². The van der Waals surface area contributed by atoms with Crippen molar-refractivity contribution in [2.45, 2.75) is 58.5 Å². The van der Waals surface area contributed by atoms with Gasteiger partial charge in [-0.2, -0.15) is 0 Å². The fraction of sp³-hybridized carbons (Fsp3) is 0.750. The lowest BCUT2D eigenvalue weighted by molar-refractivity contribution is 0.141. The first kappa shape index (κ1) is 16.2. The standard InChI is InChI=1S/C16H28N4O/c1-3-8-17-15-11-13(2)18-16(19-15)12-20(9-10-21)14-6-4-5-7-14/h11,14,21H,3-10,12H2,1-2H3,(H,17,18,19). The molecule has 0 bridgehead atoms. The smallest absolute Gasteiger partial charge is 0.144 e. The van der Waals surface area contributed by atoms with Crippen LogP contribution >= 0.6 is 0 Å². The average Bonchev–Trinajstić information content (AvgIpc) is 2.98. The molecular weight excluding hydrogens is 264 g/mol. The number of aliphatic hydroxyl groups is 1. The molecule has 1 aliphatic rings. The highest BCUT2D eigenvalue weighted by molar-refractivity contribution is 5.35. The normalized spacial score (nSPS) is 15.8. The van der Waals surface area contributed by atoms with Gasteiger partial charge in [-0.15, -0.1) is 0 Å². The van der Waals surface area contributed by atoms with Crippen molar-refractivity contribution < 1.29 is 5.11 Å². The van der Waals surface area contributed by atoms with E-state index < -0.39 is 0 Å². The Balaban J connectivity index is 2.06. The number of hydrogen-bond donors (Lipinski definition) is 2. The molecule has 21 heavy (non-hydrogen) atoms. The van der Waals surface area contributed by atoms with Crippen LogP contribution in [-0.4, -0.2) is 45.7 Å². The summed E-state index contributed by atoms with van der Waals surface area (Å²) in [5.74, 6) is 1.77. The Morgan fingerprint density at radius 3 is 2.76 bits per heavy atom. The summed E-state index contributed by atoms with van der Waals surface area (Å²) >= 11 is 0. The number of rotatable bonds is 8. The number of aryl methyl sites for hydroxylation is 1. The van der Waals surface area contributed by atoms with E-state index in [9.17, 15) is 5.11 Å². The van der Waals surface area contributed by atoms with E-state index in [0.717, 1.165) is 36.8 Å². The zero-order valence-corrected chi connectivity index (χ0v) is 13.3. The first-order valence-electron chi connectivity index (χ1n) is 8.16. The van der Waals surface area contributed by atoms with E-state index in [1.807, 2.05) is 13.0 Å². The lowest BCUT2D eigenvalue weighted by Crippen LogP contribution is -2.35. The largest absolute Gasteiger partial charge is 0.395 e. The minimum Gasteiger partial charge on any atom is -0.395 e. The fourth-order valence-electron chi connectivity index (χ4n) is 3.01. The average molecular weight is 292 g/mol. The van der Waals surface area contributed by atoms with Crippen LogP contribution in [0.5, 0.6) is 0 Å². The van der Waals surface area contributed by atoms with E-state index in [1.54, 1.807) is 0 Å². The first-order chi connectivity index (χ1) is 10.2. The summed E-state index contributed by atoms with van der Waals surface area (Å²) in [6.45, 7) is 6.72. The topological polar surface area (TPSA) is 61.3 Å². The summed E-state index contributed by atoms with van der Waals surface area (Å²) in [5.41, 5.74) is 0.994. The summed E-state index contributed by atoms with van der Waals surface area (Å²) in [6, 6.07) is 2.57. The van der Waals surface area contributed by atoms with Crippen LogP contribution in [-0.2, 0) is 6.54 Å². The molecule has 0 radical (unpaired) electrons.